The fourth-order valence-corrected chi connectivity index (χ4v) is 2.05. The Morgan fingerprint density at radius 2 is 2.00 bits per heavy atom. The molecule has 1 aromatic carbocycles. The van der Waals surface area contributed by atoms with Crippen molar-refractivity contribution in [2.45, 2.75) is 39.7 Å². The Hall–Kier alpha value is -1.29. The fraction of sp³-hybridized carbons (Fsp3) is 0.533. The maximum atomic E-state index is 13.5. The zero-order chi connectivity index (χ0) is 14.4. The molecule has 0 saturated carbocycles. The first-order chi connectivity index (χ1) is 9.01. The summed E-state index contributed by atoms with van der Waals surface area (Å²) < 4.78 is 26.5. The molecule has 0 bridgehead atoms. The average molecular weight is 269 g/mol. The molecule has 0 aliphatic heterocycles. The molecule has 1 aromatic rings. The smallest absolute Gasteiger partial charge is 0.169 e. The molecule has 4 heteroatoms. The molecule has 0 amide bonds. The molecule has 1 unspecified atom stereocenters. The number of Topliss-reactive ketones (excluding diaryl/α,β-unsaturated/α-hetero) is 1. The number of hydrogen-bond donors (Lipinski definition) is 0. The largest absolute Gasteiger partial charge is 0.300 e. The minimum atomic E-state index is -1.04. The molecule has 1 rings (SSSR count). The Bertz CT molecular complexity index is 434. The van der Waals surface area contributed by atoms with Crippen molar-refractivity contribution in [3.8, 4) is 0 Å². The van der Waals surface area contributed by atoms with Crippen LogP contribution in [0.4, 0.5) is 8.78 Å². The van der Waals surface area contributed by atoms with Crippen LogP contribution >= 0.6 is 0 Å². The summed E-state index contributed by atoms with van der Waals surface area (Å²) in [6, 6.07) is 4.09. The summed E-state index contributed by atoms with van der Waals surface area (Å²) >= 11 is 0. The molecule has 0 saturated heterocycles. The van der Waals surface area contributed by atoms with Crippen LogP contribution in [0.3, 0.4) is 0 Å². The lowest BCUT2D eigenvalue weighted by molar-refractivity contribution is 0.0949. The topological polar surface area (TPSA) is 20.3 Å². The Balaban J connectivity index is 2.67. The number of halogens is 2. The molecule has 0 spiro atoms. The summed E-state index contributed by atoms with van der Waals surface area (Å²) in [6.45, 7) is 7.62. The molecule has 0 heterocycles. The van der Waals surface area contributed by atoms with E-state index in [0.29, 0.717) is 12.6 Å². The monoisotopic (exact) mass is 269 g/mol. The Morgan fingerprint density at radius 1 is 1.32 bits per heavy atom. The number of benzene rings is 1. The van der Waals surface area contributed by atoms with E-state index in [1.165, 1.54) is 12.1 Å². The Labute approximate surface area is 113 Å². The van der Waals surface area contributed by atoms with E-state index < -0.39 is 11.6 Å². The van der Waals surface area contributed by atoms with E-state index in [4.69, 9.17) is 0 Å². The molecule has 19 heavy (non-hydrogen) atoms. The molecule has 2 nitrogen and oxygen atoms in total. The first-order valence-electron chi connectivity index (χ1n) is 6.72. The van der Waals surface area contributed by atoms with Crippen LogP contribution in [-0.2, 0) is 0 Å². The highest BCUT2D eigenvalue weighted by Gasteiger charge is 2.17. The number of carbonyl (C=O) groups is 1. The van der Waals surface area contributed by atoms with Gasteiger partial charge in [-0.05, 0) is 32.0 Å². The third-order valence-electron chi connectivity index (χ3n) is 3.50. The van der Waals surface area contributed by atoms with Crippen LogP contribution in [0.1, 0.15) is 44.0 Å². The van der Waals surface area contributed by atoms with Crippen molar-refractivity contribution in [2.75, 3.05) is 13.1 Å². The zero-order valence-electron chi connectivity index (χ0n) is 11.7. The average Bonchev–Trinajstić information content (AvgIpc) is 2.41. The lowest BCUT2D eigenvalue weighted by atomic mass is 10.1. The van der Waals surface area contributed by atoms with Crippen LogP contribution in [0.25, 0.3) is 0 Å². The zero-order valence-corrected chi connectivity index (χ0v) is 11.7. The van der Waals surface area contributed by atoms with Gasteiger partial charge >= 0.3 is 0 Å². The third kappa shape index (κ3) is 4.10. The molecular formula is C15H21F2NO. The van der Waals surface area contributed by atoms with Crippen LogP contribution in [0, 0.1) is 11.6 Å². The van der Waals surface area contributed by atoms with Gasteiger partial charge in [0.25, 0.3) is 0 Å². The Kier molecular flexibility index (Phi) is 6.09. The van der Waals surface area contributed by atoms with Gasteiger partial charge in [-0.2, -0.15) is 0 Å². The van der Waals surface area contributed by atoms with Crippen molar-refractivity contribution in [1.82, 2.24) is 4.90 Å². The second kappa shape index (κ2) is 7.34. The molecule has 1 atom stereocenters. The van der Waals surface area contributed by atoms with E-state index in [9.17, 15) is 13.6 Å². The molecule has 0 aliphatic carbocycles. The van der Waals surface area contributed by atoms with Crippen molar-refractivity contribution in [3.05, 3.63) is 35.4 Å². The lowest BCUT2D eigenvalue weighted by Crippen LogP contribution is -2.34. The van der Waals surface area contributed by atoms with Gasteiger partial charge in [-0.25, -0.2) is 8.78 Å². The molecule has 0 N–H and O–H groups in total. The quantitative estimate of drug-likeness (QED) is 0.704. The van der Waals surface area contributed by atoms with Crippen molar-refractivity contribution in [1.29, 1.82) is 0 Å². The van der Waals surface area contributed by atoms with Gasteiger partial charge in [0.15, 0.2) is 17.4 Å². The van der Waals surface area contributed by atoms with E-state index >= 15 is 0 Å². The highest BCUT2D eigenvalue weighted by molar-refractivity contribution is 5.96. The second-order valence-electron chi connectivity index (χ2n) is 4.66. The summed E-state index contributed by atoms with van der Waals surface area (Å²) in [5.41, 5.74) is -0.153. The fourth-order valence-electron chi connectivity index (χ4n) is 2.05. The number of rotatable bonds is 7. The van der Waals surface area contributed by atoms with Crippen LogP contribution in [-0.4, -0.2) is 29.8 Å². The van der Waals surface area contributed by atoms with Gasteiger partial charge in [-0.3, -0.25) is 4.79 Å². The number of carbonyl (C=O) groups excluding carboxylic acids is 1. The van der Waals surface area contributed by atoms with E-state index in [-0.39, 0.29) is 17.8 Å². The summed E-state index contributed by atoms with van der Waals surface area (Å²) in [5, 5.41) is 0. The van der Waals surface area contributed by atoms with Gasteiger partial charge in [0.1, 0.15) is 0 Å². The SMILES string of the molecule is CCC(C)N(CC)CCC(=O)c1cccc(F)c1F. The van der Waals surface area contributed by atoms with Crippen molar-refractivity contribution >= 4 is 5.78 Å². The molecule has 0 fully saturated rings. The summed E-state index contributed by atoms with van der Waals surface area (Å²) in [7, 11) is 0. The first-order valence-corrected chi connectivity index (χ1v) is 6.72. The predicted molar refractivity (Wildman–Crippen MR) is 72.3 cm³/mol. The summed E-state index contributed by atoms with van der Waals surface area (Å²) in [6.07, 6.45) is 1.20. The van der Waals surface area contributed by atoms with Gasteiger partial charge in [0, 0.05) is 19.0 Å². The predicted octanol–water partition coefficient (Wildman–Crippen LogP) is 3.66. The van der Waals surface area contributed by atoms with Crippen LogP contribution in [0.2, 0.25) is 0 Å². The van der Waals surface area contributed by atoms with E-state index in [1.807, 2.05) is 6.92 Å². The highest BCUT2D eigenvalue weighted by Crippen LogP contribution is 2.14. The van der Waals surface area contributed by atoms with Gasteiger partial charge in [0.2, 0.25) is 0 Å². The molecule has 0 aliphatic rings. The summed E-state index contributed by atoms with van der Waals surface area (Å²) in [4.78, 5) is 14.1. The third-order valence-corrected chi connectivity index (χ3v) is 3.50. The summed E-state index contributed by atoms with van der Waals surface area (Å²) in [5.74, 6) is -2.36. The van der Waals surface area contributed by atoms with E-state index in [1.54, 1.807) is 0 Å². The lowest BCUT2D eigenvalue weighted by Gasteiger charge is -2.26. The van der Waals surface area contributed by atoms with Crippen LogP contribution in [0.5, 0.6) is 0 Å². The minimum absolute atomic E-state index is 0.153. The standard InChI is InChI=1S/C15H21F2NO/c1-4-11(3)18(5-2)10-9-14(19)12-7-6-8-13(16)15(12)17/h6-8,11H,4-5,9-10H2,1-3H3. The van der Waals surface area contributed by atoms with Crippen LogP contribution < -0.4 is 0 Å². The maximum absolute atomic E-state index is 13.5. The molecular weight excluding hydrogens is 248 g/mol. The van der Waals surface area contributed by atoms with Gasteiger partial charge in [-0.15, -0.1) is 0 Å². The maximum Gasteiger partial charge on any atom is 0.169 e. The van der Waals surface area contributed by atoms with Gasteiger partial charge < -0.3 is 4.90 Å². The molecule has 0 aromatic heterocycles. The van der Waals surface area contributed by atoms with Gasteiger partial charge in [-0.1, -0.05) is 19.9 Å². The van der Waals surface area contributed by atoms with Gasteiger partial charge in [0.05, 0.1) is 5.56 Å². The highest BCUT2D eigenvalue weighted by atomic mass is 19.2. The van der Waals surface area contributed by atoms with Crippen molar-refractivity contribution in [2.24, 2.45) is 0 Å². The number of hydrogen-bond acceptors (Lipinski definition) is 2. The van der Waals surface area contributed by atoms with Crippen LogP contribution in [0.15, 0.2) is 18.2 Å². The normalized spacial score (nSPS) is 12.7. The molecule has 106 valence electrons. The van der Waals surface area contributed by atoms with E-state index in [0.717, 1.165) is 19.0 Å². The second-order valence-corrected chi connectivity index (χ2v) is 4.66. The molecule has 0 radical (unpaired) electrons. The van der Waals surface area contributed by atoms with Crippen molar-refractivity contribution < 1.29 is 13.6 Å². The van der Waals surface area contributed by atoms with Crippen molar-refractivity contribution in [3.63, 3.8) is 0 Å². The van der Waals surface area contributed by atoms with E-state index in [2.05, 4.69) is 18.7 Å². The first kappa shape index (κ1) is 15.8. The number of ketones is 1. The number of nitrogens with zero attached hydrogens (tertiary/aromatic N) is 1. The Morgan fingerprint density at radius 3 is 2.58 bits per heavy atom. The minimum Gasteiger partial charge on any atom is -0.300 e.